The van der Waals surface area contributed by atoms with Crippen LogP contribution in [0.3, 0.4) is 0 Å². The fourth-order valence-electron chi connectivity index (χ4n) is 3.10. The molecule has 0 aromatic rings. The molecule has 2 heterocycles. The molecule has 4 atom stereocenters. The predicted octanol–water partition coefficient (Wildman–Crippen LogP) is 1.37. The molecule has 2 saturated heterocycles. The third kappa shape index (κ3) is 4.28. The van der Waals surface area contributed by atoms with Crippen molar-refractivity contribution in [2.24, 2.45) is 0 Å². The fraction of sp³-hybridized carbons (Fsp3) is 0.933. The molecule has 2 fully saturated rings. The predicted molar refractivity (Wildman–Crippen MR) is 86.0 cm³/mol. The molecular weight excluding hydrogens is 288 g/mol. The number of aliphatic hydroxyl groups excluding tert-OH is 2. The number of aliphatic hydroxyl groups is 2. The van der Waals surface area contributed by atoms with Crippen LogP contribution in [0.5, 0.6) is 0 Å². The second kappa shape index (κ2) is 8.27. The number of thiocarbonyl (C=S) groups is 1. The van der Waals surface area contributed by atoms with Gasteiger partial charge < -0.3 is 25.2 Å². The number of piperidine rings is 1. The number of hydrogen-bond acceptors (Lipinski definition) is 4. The van der Waals surface area contributed by atoms with Gasteiger partial charge in [-0.15, -0.1) is 0 Å². The van der Waals surface area contributed by atoms with Crippen LogP contribution in [0.15, 0.2) is 0 Å². The Balaban J connectivity index is 1.67. The van der Waals surface area contributed by atoms with Gasteiger partial charge in [0.2, 0.25) is 0 Å². The third-order valence-corrected chi connectivity index (χ3v) is 4.75. The van der Waals surface area contributed by atoms with Crippen molar-refractivity contribution < 1.29 is 14.9 Å². The molecule has 6 heteroatoms. The molecule has 0 aromatic heterocycles. The van der Waals surface area contributed by atoms with Crippen molar-refractivity contribution in [3.8, 4) is 0 Å². The molecule has 0 spiro atoms. The summed E-state index contributed by atoms with van der Waals surface area (Å²) < 4.78 is 5.60. The Morgan fingerprint density at radius 1 is 1.24 bits per heavy atom. The van der Waals surface area contributed by atoms with Crippen molar-refractivity contribution in [3.63, 3.8) is 0 Å². The Labute approximate surface area is 132 Å². The average Bonchev–Trinajstić information content (AvgIpc) is 2.82. The lowest BCUT2D eigenvalue weighted by Gasteiger charge is -2.39. The van der Waals surface area contributed by atoms with Crippen LogP contribution in [0.2, 0.25) is 0 Å². The fourth-order valence-corrected chi connectivity index (χ4v) is 3.46. The number of unbranched alkanes of at least 4 members (excludes halogenated alkanes) is 5. The average molecular weight is 316 g/mol. The van der Waals surface area contributed by atoms with E-state index in [9.17, 15) is 10.2 Å². The van der Waals surface area contributed by atoms with Crippen LogP contribution in [0, 0.1) is 0 Å². The van der Waals surface area contributed by atoms with Gasteiger partial charge in [0.1, 0.15) is 12.3 Å². The van der Waals surface area contributed by atoms with Crippen molar-refractivity contribution in [2.75, 3.05) is 13.2 Å². The Morgan fingerprint density at radius 3 is 2.71 bits per heavy atom. The second-order valence-electron chi connectivity index (χ2n) is 6.06. The van der Waals surface area contributed by atoms with Gasteiger partial charge in [-0.1, -0.05) is 39.0 Å². The first-order chi connectivity index (χ1) is 10.1. The summed E-state index contributed by atoms with van der Waals surface area (Å²) in [5.74, 6) is 0. The van der Waals surface area contributed by atoms with Crippen molar-refractivity contribution in [3.05, 3.63) is 0 Å². The summed E-state index contributed by atoms with van der Waals surface area (Å²) in [6.45, 7) is 3.52. The highest BCUT2D eigenvalue weighted by atomic mass is 32.1. The molecule has 0 saturated carbocycles. The number of hydrogen-bond donors (Lipinski definition) is 3. The maximum absolute atomic E-state index is 10.0. The van der Waals surface area contributed by atoms with E-state index in [1.165, 1.54) is 32.1 Å². The van der Waals surface area contributed by atoms with Gasteiger partial charge in [0.25, 0.3) is 0 Å². The Hall–Kier alpha value is -0.430. The standard InChI is InChI=1S/C15H28N2O3S/c1-2-3-4-5-6-7-8-16-15(21)17-11-10-20-13(17)9-12(18)14(11)19/h11-14,18-19H,2-10H2,1H3,(H,16,21). The maximum Gasteiger partial charge on any atom is 0.171 e. The van der Waals surface area contributed by atoms with Gasteiger partial charge in [-0.2, -0.15) is 0 Å². The largest absolute Gasteiger partial charge is 0.390 e. The van der Waals surface area contributed by atoms with E-state index in [0.717, 1.165) is 13.0 Å². The molecule has 2 rings (SSSR count). The smallest absolute Gasteiger partial charge is 0.171 e. The van der Waals surface area contributed by atoms with Crippen LogP contribution in [0.1, 0.15) is 51.9 Å². The van der Waals surface area contributed by atoms with Crippen molar-refractivity contribution in [1.29, 1.82) is 0 Å². The highest BCUT2D eigenvalue weighted by molar-refractivity contribution is 7.80. The summed E-state index contributed by atoms with van der Waals surface area (Å²) in [6, 6.07) is -0.219. The van der Waals surface area contributed by atoms with E-state index in [4.69, 9.17) is 17.0 Å². The zero-order chi connectivity index (χ0) is 15.2. The third-order valence-electron chi connectivity index (χ3n) is 4.40. The van der Waals surface area contributed by atoms with Gasteiger partial charge in [0.15, 0.2) is 5.11 Å². The summed E-state index contributed by atoms with van der Waals surface area (Å²) >= 11 is 5.42. The molecule has 0 amide bonds. The van der Waals surface area contributed by atoms with Gasteiger partial charge >= 0.3 is 0 Å². The van der Waals surface area contributed by atoms with Crippen LogP contribution < -0.4 is 5.32 Å². The van der Waals surface area contributed by atoms with E-state index in [-0.39, 0.29) is 12.3 Å². The Morgan fingerprint density at radius 2 is 1.95 bits per heavy atom. The number of ether oxygens (including phenoxy) is 1. The molecule has 3 N–H and O–H groups in total. The molecule has 0 aliphatic carbocycles. The van der Waals surface area contributed by atoms with E-state index < -0.39 is 12.2 Å². The van der Waals surface area contributed by atoms with E-state index in [0.29, 0.717) is 18.1 Å². The lowest BCUT2D eigenvalue weighted by molar-refractivity contribution is -0.0722. The summed E-state index contributed by atoms with van der Waals surface area (Å²) in [5, 5.41) is 23.7. The van der Waals surface area contributed by atoms with Crippen molar-refractivity contribution >= 4 is 17.3 Å². The Bertz CT molecular complexity index is 343. The topological polar surface area (TPSA) is 65.0 Å². The molecule has 2 aliphatic heterocycles. The number of rotatable bonds is 7. The first-order valence-electron chi connectivity index (χ1n) is 8.19. The minimum absolute atomic E-state index is 0.196. The molecule has 5 nitrogen and oxygen atoms in total. The van der Waals surface area contributed by atoms with Gasteiger partial charge in [0.05, 0.1) is 18.8 Å². The Kier molecular flexibility index (Phi) is 6.67. The quantitative estimate of drug-likeness (QED) is 0.487. The molecule has 122 valence electrons. The first-order valence-corrected chi connectivity index (χ1v) is 8.60. The zero-order valence-electron chi connectivity index (χ0n) is 12.8. The molecule has 2 bridgehead atoms. The molecule has 21 heavy (non-hydrogen) atoms. The molecule has 4 unspecified atom stereocenters. The van der Waals surface area contributed by atoms with Crippen molar-refractivity contribution in [1.82, 2.24) is 10.2 Å². The van der Waals surface area contributed by atoms with Crippen molar-refractivity contribution in [2.45, 2.75) is 76.3 Å². The SMILES string of the molecule is CCCCCCCCNC(=S)N1C2CC(O)C(O)C1CO2. The van der Waals surface area contributed by atoms with E-state index in [2.05, 4.69) is 12.2 Å². The monoisotopic (exact) mass is 316 g/mol. The van der Waals surface area contributed by atoms with Crippen LogP contribution in [-0.4, -0.2) is 57.9 Å². The lowest BCUT2D eigenvalue weighted by atomic mass is 9.98. The molecule has 0 radical (unpaired) electrons. The highest BCUT2D eigenvalue weighted by Crippen LogP contribution is 2.31. The number of fused-ring (bicyclic) bond motifs is 2. The van der Waals surface area contributed by atoms with Gasteiger partial charge in [0, 0.05) is 13.0 Å². The van der Waals surface area contributed by atoms with E-state index in [1.54, 1.807) is 0 Å². The van der Waals surface area contributed by atoms with E-state index >= 15 is 0 Å². The minimum Gasteiger partial charge on any atom is -0.390 e. The van der Waals surface area contributed by atoms with E-state index in [1.807, 2.05) is 4.90 Å². The lowest BCUT2D eigenvalue weighted by Crippen LogP contribution is -2.59. The van der Waals surface area contributed by atoms with Gasteiger partial charge in [-0.25, -0.2) is 0 Å². The molecule has 2 aliphatic rings. The maximum atomic E-state index is 10.0. The highest BCUT2D eigenvalue weighted by Gasteiger charge is 2.48. The number of nitrogens with zero attached hydrogens (tertiary/aromatic N) is 1. The normalized spacial score (nSPS) is 31.5. The van der Waals surface area contributed by atoms with Crippen LogP contribution >= 0.6 is 12.2 Å². The van der Waals surface area contributed by atoms with Crippen LogP contribution in [0.4, 0.5) is 0 Å². The summed E-state index contributed by atoms with van der Waals surface area (Å²) in [4.78, 5) is 1.92. The van der Waals surface area contributed by atoms with Crippen LogP contribution in [-0.2, 0) is 4.74 Å². The first kappa shape index (κ1) is 16.9. The minimum atomic E-state index is -0.780. The molecular formula is C15H28N2O3S. The van der Waals surface area contributed by atoms with Gasteiger partial charge in [-0.05, 0) is 18.6 Å². The summed E-state index contributed by atoms with van der Waals surface area (Å²) in [5.41, 5.74) is 0. The zero-order valence-corrected chi connectivity index (χ0v) is 13.6. The summed E-state index contributed by atoms with van der Waals surface area (Å²) in [6.07, 6.45) is 6.25. The summed E-state index contributed by atoms with van der Waals surface area (Å²) in [7, 11) is 0. The second-order valence-corrected chi connectivity index (χ2v) is 6.44. The van der Waals surface area contributed by atoms with Gasteiger partial charge in [-0.3, -0.25) is 0 Å². The van der Waals surface area contributed by atoms with Crippen LogP contribution in [0.25, 0.3) is 0 Å². The molecule has 0 aromatic carbocycles. The number of nitrogens with one attached hydrogen (secondary N) is 1.